The van der Waals surface area contributed by atoms with Crippen LogP contribution in [0.15, 0.2) is 73.3 Å². The zero-order chi connectivity index (χ0) is 16.7. The van der Waals surface area contributed by atoms with Gasteiger partial charge in [0.25, 0.3) is 0 Å². The third-order valence-corrected chi connectivity index (χ3v) is 3.50. The van der Waals surface area contributed by atoms with Crippen LogP contribution in [0.1, 0.15) is 17.0 Å². The van der Waals surface area contributed by atoms with E-state index in [9.17, 15) is 9.59 Å². The molecule has 0 heterocycles. The molecule has 0 radical (unpaired) electrons. The fourth-order valence-electron chi connectivity index (χ4n) is 2.50. The molecule has 118 valence electrons. The monoisotopic (exact) mass is 309 g/mol. The standard InChI is InChI=1S/C19H19NO3/c1-2-13-20(14-17(21)22)19(23)18(15-9-5-3-6-10-15)16-11-7-4-8-12-16/h2-12,18H,1,13-14H2,(H,21,22). The fraction of sp³-hybridized carbons (Fsp3) is 0.158. The second-order valence-electron chi connectivity index (χ2n) is 5.16. The second-order valence-corrected chi connectivity index (χ2v) is 5.16. The topological polar surface area (TPSA) is 57.6 Å². The molecule has 2 aromatic carbocycles. The van der Waals surface area contributed by atoms with E-state index in [1.54, 1.807) is 0 Å². The van der Waals surface area contributed by atoms with Crippen molar-refractivity contribution in [1.29, 1.82) is 0 Å². The van der Waals surface area contributed by atoms with Crippen LogP contribution in [0, 0.1) is 0 Å². The quantitative estimate of drug-likeness (QED) is 0.800. The van der Waals surface area contributed by atoms with Gasteiger partial charge >= 0.3 is 5.97 Å². The van der Waals surface area contributed by atoms with Crippen LogP contribution >= 0.6 is 0 Å². The zero-order valence-corrected chi connectivity index (χ0v) is 12.8. The van der Waals surface area contributed by atoms with Gasteiger partial charge in [-0.2, -0.15) is 0 Å². The lowest BCUT2D eigenvalue weighted by molar-refractivity contribution is -0.144. The molecular weight excluding hydrogens is 290 g/mol. The molecule has 2 aromatic rings. The minimum absolute atomic E-state index is 0.196. The second kappa shape index (κ2) is 7.94. The molecule has 1 N–H and O–H groups in total. The lowest BCUT2D eigenvalue weighted by Crippen LogP contribution is -2.39. The summed E-state index contributed by atoms with van der Waals surface area (Å²) in [5.74, 6) is -1.82. The van der Waals surface area contributed by atoms with Crippen molar-refractivity contribution in [3.8, 4) is 0 Å². The van der Waals surface area contributed by atoms with Crippen LogP contribution in [0.25, 0.3) is 0 Å². The van der Waals surface area contributed by atoms with E-state index < -0.39 is 11.9 Å². The van der Waals surface area contributed by atoms with Crippen molar-refractivity contribution < 1.29 is 14.7 Å². The summed E-state index contributed by atoms with van der Waals surface area (Å²) in [5, 5.41) is 9.05. The molecule has 0 fully saturated rings. The molecule has 0 spiro atoms. The lowest BCUT2D eigenvalue weighted by Gasteiger charge is -2.25. The Morgan fingerprint density at radius 3 is 1.87 bits per heavy atom. The van der Waals surface area contributed by atoms with E-state index in [0.29, 0.717) is 0 Å². The maximum absolute atomic E-state index is 13.0. The molecule has 0 bridgehead atoms. The molecule has 0 aliphatic carbocycles. The highest BCUT2D eigenvalue weighted by atomic mass is 16.4. The van der Waals surface area contributed by atoms with E-state index in [1.165, 1.54) is 11.0 Å². The molecule has 0 saturated heterocycles. The lowest BCUT2D eigenvalue weighted by atomic mass is 9.90. The Labute approximate surface area is 135 Å². The van der Waals surface area contributed by atoms with Gasteiger partial charge in [0.2, 0.25) is 5.91 Å². The van der Waals surface area contributed by atoms with Gasteiger partial charge in [0.1, 0.15) is 6.54 Å². The van der Waals surface area contributed by atoms with E-state index in [-0.39, 0.29) is 19.0 Å². The highest BCUT2D eigenvalue weighted by Crippen LogP contribution is 2.26. The summed E-state index contributed by atoms with van der Waals surface area (Å²) in [6, 6.07) is 18.8. The van der Waals surface area contributed by atoms with E-state index >= 15 is 0 Å². The SMILES string of the molecule is C=CCN(CC(=O)O)C(=O)C(c1ccccc1)c1ccccc1. The number of benzene rings is 2. The predicted octanol–water partition coefficient (Wildman–Crippen LogP) is 2.92. The average Bonchev–Trinajstić information content (AvgIpc) is 2.56. The minimum atomic E-state index is -1.04. The van der Waals surface area contributed by atoms with Gasteiger partial charge in [-0.25, -0.2) is 0 Å². The van der Waals surface area contributed by atoms with Crippen LogP contribution in [0.4, 0.5) is 0 Å². The number of hydrogen-bond acceptors (Lipinski definition) is 2. The van der Waals surface area contributed by atoms with E-state index in [1.807, 2.05) is 60.7 Å². The Hall–Kier alpha value is -2.88. The van der Waals surface area contributed by atoms with Crippen molar-refractivity contribution in [2.24, 2.45) is 0 Å². The summed E-state index contributed by atoms with van der Waals surface area (Å²) in [6.07, 6.45) is 1.54. The first-order chi connectivity index (χ1) is 11.1. The van der Waals surface area contributed by atoms with Crippen molar-refractivity contribution in [3.05, 3.63) is 84.4 Å². The van der Waals surface area contributed by atoms with Crippen LogP contribution in [0.2, 0.25) is 0 Å². The molecule has 4 nitrogen and oxygen atoms in total. The number of rotatable bonds is 7. The van der Waals surface area contributed by atoms with E-state index in [0.717, 1.165) is 11.1 Å². The maximum atomic E-state index is 13.0. The highest BCUT2D eigenvalue weighted by molar-refractivity contribution is 5.89. The van der Waals surface area contributed by atoms with Gasteiger partial charge < -0.3 is 10.0 Å². The third kappa shape index (κ3) is 4.30. The normalized spacial score (nSPS) is 10.3. The van der Waals surface area contributed by atoms with Crippen molar-refractivity contribution in [3.63, 3.8) is 0 Å². The molecule has 0 aliphatic rings. The molecule has 2 rings (SSSR count). The smallest absolute Gasteiger partial charge is 0.323 e. The molecule has 4 heteroatoms. The number of carbonyl (C=O) groups is 2. The first-order valence-corrected chi connectivity index (χ1v) is 7.35. The van der Waals surface area contributed by atoms with Crippen LogP contribution in [-0.4, -0.2) is 35.0 Å². The molecule has 0 atom stereocenters. The zero-order valence-electron chi connectivity index (χ0n) is 12.8. The number of aliphatic carboxylic acids is 1. The Morgan fingerprint density at radius 1 is 1.00 bits per heavy atom. The summed E-state index contributed by atoms with van der Waals surface area (Å²) in [6.45, 7) is 3.46. The van der Waals surface area contributed by atoms with Crippen LogP contribution < -0.4 is 0 Å². The fourth-order valence-corrected chi connectivity index (χ4v) is 2.50. The summed E-state index contributed by atoms with van der Waals surface area (Å²) in [5.41, 5.74) is 1.67. The Morgan fingerprint density at radius 2 is 1.48 bits per heavy atom. The van der Waals surface area contributed by atoms with Gasteiger partial charge in [-0.3, -0.25) is 9.59 Å². The molecule has 0 aromatic heterocycles. The number of nitrogens with zero attached hydrogens (tertiary/aromatic N) is 1. The molecule has 0 aliphatic heterocycles. The van der Waals surface area contributed by atoms with Crippen molar-refractivity contribution in [2.45, 2.75) is 5.92 Å². The summed E-state index contributed by atoms with van der Waals surface area (Å²) in [4.78, 5) is 25.3. The van der Waals surface area contributed by atoms with E-state index in [2.05, 4.69) is 6.58 Å². The van der Waals surface area contributed by atoms with Crippen molar-refractivity contribution in [1.82, 2.24) is 4.90 Å². The predicted molar refractivity (Wildman–Crippen MR) is 89.1 cm³/mol. The average molecular weight is 309 g/mol. The number of carboxylic acids is 1. The summed E-state index contributed by atoms with van der Waals surface area (Å²) in [7, 11) is 0. The van der Waals surface area contributed by atoms with Crippen molar-refractivity contribution in [2.75, 3.05) is 13.1 Å². The van der Waals surface area contributed by atoms with Crippen molar-refractivity contribution >= 4 is 11.9 Å². The van der Waals surface area contributed by atoms with Gasteiger partial charge in [0.15, 0.2) is 0 Å². The first kappa shape index (κ1) is 16.5. The minimum Gasteiger partial charge on any atom is -0.480 e. The Bertz CT molecular complexity index is 628. The molecular formula is C19H19NO3. The summed E-state index contributed by atoms with van der Waals surface area (Å²) < 4.78 is 0. The Balaban J connectivity index is 2.42. The highest BCUT2D eigenvalue weighted by Gasteiger charge is 2.27. The number of carbonyl (C=O) groups excluding carboxylic acids is 1. The van der Waals surface area contributed by atoms with Gasteiger partial charge in [0, 0.05) is 6.54 Å². The molecule has 23 heavy (non-hydrogen) atoms. The van der Waals surface area contributed by atoms with Gasteiger partial charge in [-0.1, -0.05) is 66.7 Å². The molecule has 1 amide bonds. The largest absolute Gasteiger partial charge is 0.480 e. The Kier molecular flexibility index (Phi) is 5.69. The number of amides is 1. The van der Waals surface area contributed by atoms with Gasteiger partial charge in [-0.15, -0.1) is 6.58 Å². The van der Waals surface area contributed by atoms with Crippen LogP contribution in [-0.2, 0) is 9.59 Å². The number of hydrogen-bond donors (Lipinski definition) is 1. The van der Waals surface area contributed by atoms with Gasteiger partial charge in [0.05, 0.1) is 5.92 Å². The molecule has 0 saturated carbocycles. The summed E-state index contributed by atoms with van der Waals surface area (Å²) >= 11 is 0. The third-order valence-electron chi connectivity index (χ3n) is 3.50. The van der Waals surface area contributed by atoms with Crippen LogP contribution in [0.3, 0.4) is 0 Å². The maximum Gasteiger partial charge on any atom is 0.323 e. The number of carboxylic acid groups (broad SMARTS) is 1. The van der Waals surface area contributed by atoms with Gasteiger partial charge in [-0.05, 0) is 11.1 Å². The molecule has 0 unspecified atom stereocenters. The van der Waals surface area contributed by atoms with E-state index in [4.69, 9.17) is 5.11 Å². The first-order valence-electron chi connectivity index (χ1n) is 7.35. The van der Waals surface area contributed by atoms with Crippen LogP contribution in [0.5, 0.6) is 0 Å².